The van der Waals surface area contributed by atoms with Crippen LogP contribution in [0, 0.1) is 6.92 Å². The number of nitrogens with zero attached hydrogens (tertiary/aromatic N) is 4. The van der Waals surface area contributed by atoms with Crippen molar-refractivity contribution < 1.29 is 4.42 Å². The number of rotatable bonds is 5. The number of thiazole rings is 1. The van der Waals surface area contributed by atoms with Gasteiger partial charge in [-0.1, -0.05) is 17.8 Å². The number of aromatic nitrogens is 4. The molecule has 4 heterocycles. The molecule has 0 aromatic carbocycles. The fraction of sp³-hybridized carbons (Fsp3) is 0.188. The van der Waals surface area contributed by atoms with Crippen molar-refractivity contribution in [3.8, 4) is 21.5 Å². The van der Waals surface area contributed by atoms with Crippen molar-refractivity contribution in [1.82, 2.24) is 19.7 Å². The highest BCUT2D eigenvalue weighted by molar-refractivity contribution is 7.98. The van der Waals surface area contributed by atoms with Gasteiger partial charge in [0.2, 0.25) is 0 Å². The van der Waals surface area contributed by atoms with Gasteiger partial charge in [-0.05, 0) is 30.5 Å². The minimum Gasteiger partial charge on any atom is -0.459 e. The van der Waals surface area contributed by atoms with E-state index >= 15 is 0 Å². The highest BCUT2D eigenvalue weighted by atomic mass is 32.2. The van der Waals surface area contributed by atoms with Crippen molar-refractivity contribution in [2.24, 2.45) is 7.05 Å². The van der Waals surface area contributed by atoms with Crippen LogP contribution >= 0.6 is 34.4 Å². The third kappa shape index (κ3) is 3.04. The standard InChI is InChI=1S/C16H14N4OS3/c1-10-5-6-12(21-10)15-17-11(8-23-15)9-24-16-19-18-14(20(16)2)13-4-3-7-22-13/h3-8H,9H2,1-2H3. The van der Waals surface area contributed by atoms with Crippen LogP contribution in [0.5, 0.6) is 0 Å². The monoisotopic (exact) mass is 374 g/mol. The predicted octanol–water partition coefficient (Wildman–Crippen LogP) is 4.86. The van der Waals surface area contributed by atoms with Crippen molar-refractivity contribution in [3.05, 3.63) is 46.5 Å². The largest absolute Gasteiger partial charge is 0.459 e. The molecule has 0 aliphatic carbocycles. The summed E-state index contributed by atoms with van der Waals surface area (Å²) in [5, 5.41) is 14.5. The van der Waals surface area contributed by atoms with E-state index in [0.29, 0.717) is 0 Å². The van der Waals surface area contributed by atoms with Gasteiger partial charge in [0.05, 0.1) is 10.6 Å². The first-order chi connectivity index (χ1) is 11.7. The number of hydrogen-bond acceptors (Lipinski definition) is 7. The Morgan fingerprint density at radius 3 is 2.88 bits per heavy atom. The van der Waals surface area contributed by atoms with Gasteiger partial charge in [-0.3, -0.25) is 0 Å². The number of furan rings is 1. The first kappa shape index (κ1) is 15.6. The number of thiophene rings is 1. The van der Waals surface area contributed by atoms with E-state index in [4.69, 9.17) is 4.42 Å². The third-order valence-corrected chi connectivity index (χ3v) is 6.25. The summed E-state index contributed by atoms with van der Waals surface area (Å²) in [4.78, 5) is 5.77. The topological polar surface area (TPSA) is 56.7 Å². The molecule has 0 saturated heterocycles. The van der Waals surface area contributed by atoms with Gasteiger partial charge >= 0.3 is 0 Å². The average molecular weight is 375 g/mol. The second kappa shape index (κ2) is 6.54. The maximum absolute atomic E-state index is 5.63. The molecule has 4 rings (SSSR count). The van der Waals surface area contributed by atoms with E-state index in [1.54, 1.807) is 34.4 Å². The van der Waals surface area contributed by atoms with Crippen LogP contribution in [0.15, 0.2) is 44.6 Å². The number of aryl methyl sites for hydroxylation is 1. The molecule has 8 heteroatoms. The van der Waals surface area contributed by atoms with E-state index in [0.717, 1.165) is 43.8 Å². The zero-order valence-corrected chi connectivity index (χ0v) is 15.5. The van der Waals surface area contributed by atoms with Crippen molar-refractivity contribution in [2.75, 3.05) is 0 Å². The van der Waals surface area contributed by atoms with E-state index < -0.39 is 0 Å². The lowest BCUT2D eigenvalue weighted by Crippen LogP contribution is -1.94. The lowest BCUT2D eigenvalue weighted by Gasteiger charge is -2.01. The summed E-state index contributed by atoms with van der Waals surface area (Å²) in [6.07, 6.45) is 0. The minimum absolute atomic E-state index is 0.757. The summed E-state index contributed by atoms with van der Waals surface area (Å²) in [7, 11) is 2.00. The van der Waals surface area contributed by atoms with Gasteiger partial charge in [0, 0.05) is 18.2 Å². The van der Waals surface area contributed by atoms with Gasteiger partial charge in [-0.15, -0.1) is 32.9 Å². The maximum Gasteiger partial charge on any atom is 0.191 e. The zero-order chi connectivity index (χ0) is 16.5. The van der Waals surface area contributed by atoms with E-state index in [-0.39, 0.29) is 0 Å². The van der Waals surface area contributed by atoms with E-state index in [9.17, 15) is 0 Å². The molecule has 5 nitrogen and oxygen atoms in total. The summed E-state index contributed by atoms with van der Waals surface area (Å²) in [5.74, 6) is 3.38. The molecule has 0 bridgehead atoms. The Kier molecular flexibility index (Phi) is 4.26. The number of hydrogen-bond donors (Lipinski definition) is 0. The predicted molar refractivity (Wildman–Crippen MR) is 98.4 cm³/mol. The van der Waals surface area contributed by atoms with Crippen molar-refractivity contribution in [1.29, 1.82) is 0 Å². The average Bonchev–Trinajstić information content (AvgIpc) is 3.32. The minimum atomic E-state index is 0.757. The molecule has 4 aromatic rings. The number of thioether (sulfide) groups is 1. The van der Waals surface area contributed by atoms with E-state index in [1.807, 2.05) is 42.1 Å². The molecule has 0 aliphatic heterocycles. The Labute approximate surface area is 151 Å². The summed E-state index contributed by atoms with van der Waals surface area (Å²) in [6, 6.07) is 7.99. The van der Waals surface area contributed by atoms with Crippen molar-refractivity contribution >= 4 is 34.4 Å². The second-order valence-electron chi connectivity index (χ2n) is 5.19. The Bertz CT molecular complexity index is 952. The van der Waals surface area contributed by atoms with Crippen LogP contribution in [-0.4, -0.2) is 19.7 Å². The molecule has 0 spiro atoms. The lowest BCUT2D eigenvalue weighted by molar-refractivity contribution is 0.548. The van der Waals surface area contributed by atoms with Crippen LogP contribution < -0.4 is 0 Å². The molecule has 0 saturated carbocycles. The summed E-state index contributed by atoms with van der Waals surface area (Å²) >= 11 is 4.91. The van der Waals surface area contributed by atoms with Crippen LogP contribution in [0.4, 0.5) is 0 Å². The van der Waals surface area contributed by atoms with Gasteiger partial charge in [0.25, 0.3) is 0 Å². The molecule has 0 fully saturated rings. The van der Waals surface area contributed by atoms with Crippen molar-refractivity contribution in [3.63, 3.8) is 0 Å². The van der Waals surface area contributed by atoms with Gasteiger partial charge in [0.15, 0.2) is 21.7 Å². The van der Waals surface area contributed by atoms with Crippen molar-refractivity contribution in [2.45, 2.75) is 17.8 Å². The van der Waals surface area contributed by atoms with Gasteiger partial charge in [0.1, 0.15) is 5.76 Å². The van der Waals surface area contributed by atoms with Crippen LogP contribution in [0.1, 0.15) is 11.5 Å². The maximum atomic E-state index is 5.63. The highest BCUT2D eigenvalue weighted by Crippen LogP contribution is 2.30. The Morgan fingerprint density at radius 2 is 2.12 bits per heavy atom. The van der Waals surface area contributed by atoms with Crippen LogP contribution in [0.2, 0.25) is 0 Å². The van der Waals surface area contributed by atoms with Gasteiger partial charge < -0.3 is 8.98 Å². The summed E-state index contributed by atoms with van der Waals surface area (Å²) < 4.78 is 7.65. The molecule has 4 aromatic heterocycles. The molecule has 122 valence electrons. The molecular weight excluding hydrogens is 360 g/mol. The van der Waals surface area contributed by atoms with Crippen LogP contribution in [0.25, 0.3) is 21.5 Å². The van der Waals surface area contributed by atoms with Gasteiger partial charge in [-0.25, -0.2) is 4.98 Å². The molecule has 0 aliphatic rings. The zero-order valence-electron chi connectivity index (χ0n) is 13.1. The highest BCUT2D eigenvalue weighted by Gasteiger charge is 2.13. The second-order valence-corrected chi connectivity index (χ2v) is 7.93. The van der Waals surface area contributed by atoms with Crippen LogP contribution in [-0.2, 0) is 12.8 Å². The smallest absolute Gasteiger partial charge is 0.191 e. The normalized spacial score (nSPS) is 11.2. The first-order valence-corrected chi connectivity index (χ1v) is 10.0. The first-order valence-electron chi connectivity index (χ1n) is 7.28. The molecule has 0 atom stereocenters. The SMILES string of the molecule is Cc1ccc(-c2nc(CSc3nnc(-c4cccs4)n3C)cs2)o1. The lowest BCUT2D eigenvalue weighted by atomic mass is 10.4. The summed E-state index contributed by atoms with van der Waals surface area (Å²) in [6.45, 7) is 1.94. The molecular formula is C16H14N4OS3. The van der Waals surface area contributed by atoms with E-state index in [2.05, 4.69) is 26.6 Å². The Balaban J connectivity index is 1.47. The van der Waals surface area contributed by atoms with Crippen LogP contribution in [0.3, 0.4) is 0 Å². The third-order valence-electron chi connectivity index (χ3n) is 3.43. The Morgan fingerprint density at radius 1 is 1.21 bits per heavy atom. The van der Waals surface area contributed by atoms with E-state index in [1.165, 1.54) is 0 Å². The van der Waals surface area contributed by atoms with Gasteiger partial charge in [-0.2, -0.15) is 0 Å². The fourth-order valence-corrected chi connectivity index (χ4v) is 4.67. The molecule has 0 N–H and O–H groups in total. The molecule has 0 radical (unpaired) electrons. The quantitative estimate of drug-likeness (QED) is 0.467. The summed E-state index contributed by atoms with van der Waals surface area (Å²) in [5.41, 5.74) is 1.02. The molecule has 0 unspecified atom stereocenters. The Hall–Kier alpha value is -1.90. The molecule has 24 heavy (non-hydrogen) atoms. The fourth-order valence-electron chi connectivity index (χ4n) is 2.24. The molecule has 0 amide bonds.